The third kappa shape index (κ3) is 6.11. The van der Waals surface area contributed by atoms with Gasteiger partial charge in [0.1, 0.15) is 0 Å². The Morgan fingerprint density at radius 3 is 3.00 bits per heavy atom. The highest BCUT2D eigenvalue weighted by Gasteiger charge is 1.93. The molecule has 0 radical (unpaired) electrons. The predicted octanol–water partition coefficient (Wildman–Crippen LogP) is 2.62. The second-order valence-corrected chi connectivity index (χ2v) is 3.31. The summed E-state index contributed by atoms with van der Waals surface area (Å²) in [6.07, 6.45) is 2.86. The molecule has 0 bridgehead atoms. The molecule has 0 N–H and O–H groups in total. The molecule has 0 saturated heterocycles. The van der Waals surface area contributed by atoms with Gasteiger partial charge in [0, 0.05) is 5.75 Å². The minimum absolute atomic E-state index is 0.643. The van der Waals surface area contributed by atoms with E-state index in [-0.39, 0.29) is 0 Å². The first-order valence-electron chi connectivity index (χ1n) is 3.21. The molecule has 1 nitrogen and oxygen atoms in total. The Morgan fingerprint density at radius 2 is 2.50 bits per heavy atom. The molecule has 0 unspecified atom stereocenters. The summed E-state index contributed by atoms with van der Waals surface area (Å²) in [7, 11) is 0. The van der Waals surface area contributed by atoms with E-state index in [0.29, 0.717) is 11.0 Å². The number of hydrogen-bond acceptors (Lipinski definition) is 3. The lowest BCUT2D eigenvalue weighted by atomic mass is 10.5. The first-order chi connectivity index (χ1) is 4.81. The van der Waals surface area contributed by atoms with Crippen LogP contribution in [-0.4, -0.2) is 16.7 Å². The summed E-state index contributed by atoms with van der Waals surface area (Å²) in [5.74, 6) is 0.975. The quantitative estimate of drug-likeness (QED) is 0.370. The fourth-order valence-electron chi connectivity index (χ4n) is 0.385. The van der Waals surface area contributed by atoms with E-state index in [0.717, 1.165) is 12.2 Å². The molecule has 0 spiro atoms. The maximum atomic E-state index is 5.05. The largest absolute Gasteiger partial charge is 0.479 e. The van der Waals surface area contributed by atoms with Crippen LogP contribution in [0.15, 0.2) is 12.7 Å². The maximum Gasteiger partial charge on any atom is 0.219 e. The van der Waals surface area contributed by atoms with Gasteiger partial charge in [0.2, 0.25) is 4.38 Å². The average Bonchev–Trinajstić information content (AvgIpc) is 1.89. The van der Waals surface area contributed by atoms with Crippen molar-refractivity contribution in [2.45, 2.75) is 13.3 Å². The van der Waals surface area contributed by atoms with Crippen molar-refractivity contribution in [1.82, 2.24) is 0 Å². The maximum absolute atomic E-state index is 5.05. The van der Waals surface area contributed by atoms with Crippen LogP contribution in [0.4, 0.5) is 0 Å². The van der Waals surface area contributed by atoms with Gasteiger partial charge in [-0.1, -0.05) is 17.8 Å². The lowest BCUT2D eigenvalue weighted by Crippen LogP contribution is -1.96. The van der Waals surface area contributed by atoms with Crippen molar-refractivity contribution in [3.8, 4) is 0 Å². The van der Waals surface area contributed by atoms with Crippen LogP contribution in [0.25, 0.3) is 0 Å². The third-order valence-corrected chi connectivity index (χ3v) is 2.07. The second-order valence-electron chi connectivity index (χ2n) is 1.61. The van der Waals surface area contributed by atoms with E-state index in [1.54, 1.807) is 11.8 Å². The Kier molecular flexibility index (Phi) is 7.08. The SMILES string of the molecule is C=CCCSC(=S)OCC. The van der Waals surface area contributed by atoms with E-state index < -0.39 is 0 Å². The average molecular weight is 176 g/mol. The normalized spacial score (nSPS) is 8.90. The Balaban J connectivity index is 3.13. The van der Waals surface area contributed by atoms with Gasteiger partial charge in [0.15, 0.2) is 0 Å². The van der Waals surface area contributed by atoms with Gasteiger partial charge in [-0.15, -0.1) is 6.58 Å². The molecule has 0 fully saturated rings. The minimum Gasteiger partial charge on any atom is -0.479 e. The molecular formula is C7H12OS2. The van der Waals surface area contributed by atoms with Crippen LogP contribution in [0.1, 0.15) is 13.3 Å². The summed E-state index contributed by atoms with van der Waals surface area (Å²) in [4.78, 5) is 0. The summed E-state index contributed by atoms with van der Waals surface area (Å²) >= 11 is 6.44. The first kappa shape index (κ1) is 9.98. The highest BCUT2D eigenvalue weighted by Crippen LogP contribution is 2.07. The van der Waals surface area contributed by atoms with Crippen molar-refractivity contribution >= 4 is 28.4 Å². The molecule has 58 valence electrons. The van der Waals surface area contributed by atoms with E-state index in [2.05, 4.69) is 6.58 Å². The zero-order valence-electron chi connectivity index (χ0n) is 6.13. The molecule has 0 atom stereocenters. The van der Waals surface area contributed by atoms with Gasteiger partial charge in [-0.05, 0) is 25.6 Å². The molecule has 0 aliphatic rings. The predicted molar refractivity (Wildman–Crippen MR) is 51.5 cm³/mol. The Bertz CT molecular complexity index is 112. The van der Waals surface area contributed by atoms with E-state index in [1.165, 1.54) is 0 Å². The Hall–Kier alpha value is -0.0200. The van der Waals surface area contributed by atoms with E-state index >= 15 is 0 Å². The lowest BCUT2D eigenvalue weighted by Gasteiger charge is -2.01. The van der Waals surface area contributed by atoms with E-state index in [1.807, 2.05) is 13.0 Å². The zero-order valence-corrected chi connectivity index (χ0v) is 7.76. The summed E-state index contributed by atoms with van der Waals surface area (Å²) < 4.78 is 5.69. The molecule has 0 rings (SSSR count). The van der Waals surface area contributed by atoms with Crippen molar-refractivity contribution in [2.24, 2.45) is 0 Å². The van der Waals surface area contributed by atoms with Crippen molar-refractivity contribution in [3.63, 3.8) is 0 Å². The van der Waals surface area contributed by atoms with Gasteiger partial charge >= 0.3 is 0 Å². The monoisotopic (exact) mass is 176 g/mol. The van der Waals surface area contributed by atoms with Crippen LogP contribution in [0.3, 0.4) is 0 Å². The standard InChI is InChI=1S/C7H12OS2/c1-3-5-6-10-7(9)8-4-2/h3H,1,4-6H2,2H3. The number of hydrogen-bond donors (Lipinski definition) is 0. The van der Waals surface area contributed by atoms with Gasteiger partial charge in [0.25, 0.3) is 0 Å². The number of allylic oxidation sites excluding steroid dienone is 1. The van der Waals surface area contributed by atoms with E-state index in [4.69, 9.17) is 17.0 Å². The molecule has 0 aliphatic heterocycles. The Labute approximate surface area is 71.8 Å². The van der Waals surface area contributed by atoms with Crippen LogP contribution in [0.2, 0.25) is 0 Å². The number of thiocarbonyl (C=S) groups is 1. The smallest absolute Gasteiger partial charge is 0.219 e. The molecule has 0 saturated carbocycles. The number of ether oxygens (including phenoxy) is 1. The summed E-state index contributed by atoms with van der Waals surface area (Å²) in [5.41, 5.74) is 0. The summed E-state index contributed by atoms with van der Waals surface area (Å²) in [5, 5.41) is 0. The first-order valence-corrected chi connectivity index (χ1v) is 4.61. The molecule has 0 aromatic carbocycles. The van der Waals surface area contributed by atoms with Crippen molar-refractivity contribution in [2.75, 3.05) is 12.4 Å². The van der Waals surface area contributed by atoms with E-state index in [9.17, 15) is 0 Å². The van der Waals surface area contributed by atoms with Gasteiger partial charge < -0.3 is 4.74 Å². The molecule has 3 heteroatoms. The van der Waals surface area contributed by atoms with Crippen molar-refractivity contribution in [3.05, 3.63) is 12.7 Å². The van der Waals surface area contributed by atoms with Crippen molar-refractivity contribution < 1.29 is 4.74 Å². The lowest BCUT2D eigenvalue weighted by molar-refractivity contribution is 0.346. The Morgan fingerprint density at radius 1 is 1.80 bits per heavy atom. The molecule has 0 aromatic heterocycles. The summed E-state index contributed by atoms with van der Waals surface area (Å²) in [6, 6.07) is 0. The molecule has 0 heterocycles. The second kappa shape index (κ2) is 7.09. The molecule has 0 aromatic rings. The van der Waals surface area contributed by atoms with Gasteiger partial charge in [-0.3, -0.25) is 0 Å². The fraction of sp³-hybridized carbons (Fsp3) is 0.571. The minimum atomic E-state index is 0.643. The molecular weight excluding hydrogens is 164 g/mol. The fourth-order valence-corrected chi connectivity index (χ4v) is 1.41. The molecule has 0 aliphatic carbocycles. The number of rotatable bonds is 4. The van der Waals surface area contributed by atoms with Gasteiger partial charge in [-0.25, -0.2) is 0 Å². The molecule has 0 amide bonds. The summed E-state index contributed by atoms with van der Waals surface area (Å²) in [6.45, 7) is 6.20. The number of thioether (sulfide) groups is 1. The van der Waals surface area contributed by atoms with Crippen LogP contribution >= 0.6 is 24.0 Å². The third-order valence-electron chi connectivity index (χ3n) is 0.804. The van der Waals surface area contributed by atoms with Crippen LogP contribution in [0.5, 0.6) is 0 Å². The van der Waals surface area contributed by atoms with Crippen LogP contribution in [0, 0.1) is 0 Å². The topological polar surface area (TPSA) is 9.23 Å². The molecule has 10 heavy (non-hydrogen) atoms. The van der Waals surface area contributed by atoms with Crippen LogP contribution in [-0.2, 0) is 4.74 Å². The van der Waals surface area contributed by atoms with Crippen molar-refractivity contribution in [1.29, 1.82) is 0 Å². The highest BCUT2D eigenvalue weighted by molar-refractivity contribution is 8.22. The van der Waals surface area contributed by atoms with Gasteiger partial charge in [-0.2, -0.15) is 0 Å². The van der Waals surface area contributed by atoms with Gasteiger partial charge in [0.05, 0.1) is 6.61 Å². The zero-order chi connectivity index (χ0) is 7.82. The highest BCUT2D eigenvalue weighted by atomic mass is 32.2. The van der Waals surface area contributed by atoms with Crippen LogP contribution < -0.4 is 0 Å².